The largest absolute Gasteiger partial charge is 0.452 e. The molecule has 1 aromatic heterocycles. The van der Waals surface area contributed by atoms with Gasteiger partial charge in [0.05, 0.1) is 11.8 Å². The van der Waals surface area contributed by atoms with Crippen LogP contribution in [0.2, 0.25) is 5.22 Å². The Kier molecular flexibility index (Phi) is 3.72. The number of hydrogen-bond acceptors (Lipinski definition) is 2. The Bertz CT molecular complexity index is 575. The molecule has 0 atom stereocenters. The lowest BCUT2D eigenvalue weighted by Gasteiger charge is -2.08. The molecule has 0 bridgehead atoms. The first-order chi connectivity index (χ1) is 8.61. The first-order valence-electron chi connectivity index (χ1n) is 5.75. The summed E-state index contributed by atoms with van der Waals surface area (Å²) < 4.78 is 4.89. The highest BCUT2D eigenvalue weighted by atomic mass is 35.5. The lowest BCUT2D eigenvalue weighted by Crippen LogP contribution is -2.11. The third kappa shape index (κ3) is 2.57. The summed E-state index contributed by atoms with van der Waals surface area (Å²) in [5.74, 6) is -0.266. The van der Waals surface area contributed by atoms with Crippen molar-refractivity contribution in [2.45, 2.75) is 20.3 Å². The van der Waals surface area contributed by atoms with Crippen molar-refractivity contribution >= 4 is 23.2 Å². The molecule has 0 unspecified atom stereocenters. The molecule has 1 amide bonds. The predicted octanol–water partition coefficient (Wildman–Crippen LogP) is 4.06. The van der Waals surface area contributed by atoms with E-state index in [1.165, 1.54) is 11.8 Å². The highest BCUT2D eigenvalue weighted by Gasteiger charge is 2.13. The molecule has 1 heterocycles. The average molecular weight is 264 g/mol. The molecule has 18 heavy (non-hydrogen) atoms. The zero-order valence-corrected chi connectivity index (χ0v) is 11.0. The number of rotatable bonds is 3. The molecule has 0 spiro atoms. The molecular weight excluding hydrogens is 250 g/mol. The van der Waals surface area contributed by atoms with Crippen LogP contribution in [-0.4, -0.2) is 5.91 Å². The van der Waals surface area contributed by atoms with Crippen LogP contribution in [0.15, 0.2) is 34.9 Å². The molecule has 0 aliphatic carbocycles. The summed E-state index contributed by atoms with van der Waals surface area (Å²) in [7, 11) is 0. The number of anilines is 1. The van der Waals surface area contributed by atoms with E-state index < -0.39 is 0 Å². The van der Waals surface area contributed by atoms with Crippen molar-refractivity contribution in [1.82, 2.24) is 0 Å². The van der Waals surface area contributed by atoms with Crippen LogP contribution in [0.5, 0.6) is 0 Å². The Morgan fingerprint density at radius 3 is 2.72 bits per heavy atom. The minimum Gasteiger partial charge on any atom is -0.452 e. The van der Waals surface area contributed by atoms with Crippen molar-refractivity contribution in [3.8, 4) is 0 Å². The van der Waals surface area contributed by atoms with Gasteiger partial charge in [-0.25, -0.2) is 0 Å². The monoisotopic (exact) mass is 263 g/mol. The summed E-state index contributed by atoms with van der Waals surface area (Å²) in [6.45, 7) is 4.13. The van der Waals surface area contributed by atoms with E-state index in [0.717, 1.165) is 17.7 Å². The van der Waals surface area contributed by atoms with Crippen molar-refractivity contribution in [3.05, 3.63) is 52.4 Å². The zero-order chi connectivity index (χ0) is 13.1. The number of carbonyl (C=O) groups excluding carboxylic acids is 1. The molecular formula is C14H14ClNO2. The smallest absolute Gasteiger partial charge is 0.260 e. The van der Waals surface area contributed by atoms with E-state index in [1.807, 2.05) is 25.1 Å². The normalized spacial score (nSPS) is 10.4. The Morgan fingerprint density at radius 2 is 2.17 bits per heavy atom. The van der Waals surface area contributed by atoms with Gasteiger partial charge in [0.1, 0.15) is 0 Å². The number of benzene rings is 1. The molecule has 2 rings (SSSR count). The standard InChI is InChI=1S/C14H14ClNO2/c1-3-10-4-5-11(8-9(10)2)16-14(17)12-6-7-18-13(12)15/h4-8H,3H2,1-2H3,(H,16,17). The summed E-state index contributed by atoms with van der Waals surface area (Å²) >= 11 is 5.75. The van der Waals surface area contributed by atoms with Gasteiger partial charge in [0.25, 0.3) is 5.91 Å². The van der Waals surface area contributed by atoms with E-state index in [-0.39, 0.29) is 11.1 Å². The van der Waals surface area contributed by atoms with E-state index in [4.69, 9.17) is 16.0 Å². The molecule has 94 valence electrons. The van der Waals surface area contributed by atoms with E-state index >= 15 is 0 Å². The summed E-state index contributed by atoms with van der Waals surface area (Å²) in [6, 6.07) is 7.40. The van der Waals surface area contributed by atoms with Crippen molar-refractivity contribution in [3.63, 3.8) is 0 Å². The van der Waals surface area contributed by atoms with Crippen LogP contribution in [0.3, 0.4) is 0 Å². The maximum atomic E-state index is 11.9. The minimum atomic E-state index is -0.266. The van der Waals surface area contributed by atoms with Gasteiger partial charge < -0.3 is 9.73 Å². The summed E-state index contributed by atoms with van der Waals surface area (Å²) in [5, 5.41) is 2.90. The molecule has 2 aromatic rings. The maximum Gasteiger partial charge on any atom is 0.260 e. The lowest BCUT2D eigenvalue weighted by atomic mass is 10.1. The average Bonchev–Trinajstić information content (AvgIpc) is 2.76. The van der Waals surface area contributed by atoms with Gasteiger partial charge in [0.2, 0.25) is 5.22 Å². The molecule has 0 fully saturated rings. The highest BCUT2D eigenvalue weighted by molar-refractivity contribution is 6.32. The van der Waals surface area contributed by atoms with Crippen LogP contribution < -0.4 is 5.32 Å². The first-order valence-corrected chi connectivity index (χ1v) is 6.13. The van der Waals surface area contributed by atoms with Crippen LogP contribution in [-0.2, 0) is 6.42 Å². The van der Waals surface area contributed by atoms with Gasteiger partial charge in [0, 0.05) is 5.69 Å². The number of halogens is 1. The highest BCUT2D eigenvalue weighted by Crippen LogP contribution is 2.20. The Balaban J connectivity index is 2.17. The number of furan rings is 1. The second kappa shape index (κ2) is 5.27. The van der Waals surface area contributed by atoms with E-state index in [2.05, 4.69) is 12.2 Å². The number of hydrogen-bond donors (Lipinski definition) is 1. The van der Waals surface area contributed by atoms with Crippen LogP contribution in [0.1, 0.15) is 28.4 Å². The molecule has 1 N–H and O–H groups in total. The van der Waals surface area contributed by atoms with Crippen molar-refractivity contribution in [2.75, 3.05) is 5.32 Å². The van der Waals surface area contributed by atoms with Crippen molar-refractivity contribution in [1.29, 1.82) is 0 Å². The maximum absolute atomic E-state index is 11.9. The van der Waals surface area contributed by atoms with Crippen molar-refractivity contribution < 1.29 is 9.21 Å². The van der Waals surface area contributed by atoms with E-state index in [0.29, 0.717) is 5.56 Å². The lowest BCUT2D eigenvalue weighted by molar-refractivity contribution is 0.102. The van der Waals surface area contributed by atoms with E-state index in [1.54, 1.807) is 6.07 Å². The summed E-state index contributed by atoms with van der Waals surface area (Å²) in [6.07, 6.45) is 2.37. The Labute approximate surface area is 111 Å². The molecule has 4 heteroatoms. The van der Waals surface area contributed by atoms with Gasteiger partial charge in [0.15, 0.2) is 0 Å². The van der Waals surface area contributed by atoms with Gasteiger partial charge in [-0.05, 0) is 54.3 Å². The number of nitrogens with one attached hydrogen (secondary N) is 1. The second-order valence-electron chi connectivity index (χ2n) is 4.06. The van der Waals surface area contributed by atoms with Gasteiger partial charge in [-0.15, -0.1) is 0 Å². The molecule has 3 nitrogen and oxygen atoms in total. The van der Waals surface area contributed by atoms with Crippen molar-refractivity contribution in [2.24, 2.45) is 0 Å². The molecule has 0 aliphatic rings. The van der Waals surface area contributed by atoms with Gasteiger partial charge >= 0.3 is 0 Å². The van der Waals surface area contributed by atoms with E-state index in [9.17, 15) is 4.79 Å². The van der Waals surface area contributed by atoms with Crippen LogP contribution >= 0.6 is 11.6 Å². The fraction of sp³-hybridized carbons (Fsp3) is 0.214. The number of carbonyl (C=O) groups is 1. The Hall–Kier alpha value is -1.74. The number of amides is 1. The SMILES string of the molecule is CCc1ccc(NC(=O)c2ccoc2Cl)cc1C. The van der Waals surface area contributed by atoms with Gasteiger partial charge in [-0.1, -0.05) is 13.0 Å². The van der Waals surface area contributed by atoms with Crippen LogP contribution in [0, 0.1) is 6.92 Å². The number of aryl methyl sites for hydroxylation is 2. The fourth-order valence-corrected chi connectivity index (χ4v) is 2.02. The topological polar surface area (TPSA) is 42.2 Å². The second-order valence-corrected chi connectivity index (χ2v) is 4.40. The molecule has 1 aromatic carbocycles. The third-order valence-electron chi connectivity index (χ3n) is 2.84. The molecule has 0 aliphatic heterocycles. The van der Waals surface area contributed by atoms with Crippen LogP contribution in [0.25, 0.3) is 0 Å². The predicted molar refractivity (Wildman–Crippen MR) is 72.2 cm³/mol. The fourth-order valence-electron chi connectivity index (χ4n) is 1.82. The quantitative estimate of drug-likeness (QED) is 0.907. The molecule has 0 saturated carbocycles. The van der Waals surface area contributed by atoms with Gasteiger partial charge in [-0.2, -0.15) is 0 Å². The first kappa shape index (κ1) is 12.7. The third-order valence-corrected chi connectivity index (χ3v) is 3.14. The summed E-state index contributed by atoms with van der Waals surface area (Å²) in [4.78, 5) is 11.9. The minimum absolute atomic E-state index is 0.106. The summed E-state index contributed by atoms with van der Waals surface area (Å²) in [5.41, 5.74) is 3.53. The van der Waals surface area contributed by atoms with Gasteiger partial charge in [-0.3, -0.25) is 4.79 Å². The molecule has 0 saturated heterocycles. The Morgan fingerprint density at radius 1 is 1.39 bits per heavy atom. The zero-order valence-electron chi connectivity index (χ0n) is 10.3. The molecule has 0 radical (unpaired) electrons. The van der Waals surface area contributed by atoms with Crippen LogP contribution in [0.4, 0.5) is 5.69 Å².